The lowest BCUT2D eigenvalue weighted by Gasteiger charge is -2.16. The highest BCUT2D eigenvalue weighted by Gasteiger charge is 2.27. The summed E-state index contributed by atoms with van der Waals surface area (Å²) in [4.78, 5) is 40.8. The van der Waals surface area contributed by atoms with E-state index in [-0.39, 0.29) is 12.3 Å². The van der Waals surface area contributed by atoms with E-state index in [1.54, 1.807) is 20.8 Å². The zero-order chi connectivity index (χ0) is 22.4. The van der Waals surface area contributed by atoms with Crippen LogP contribution >= 0.6 is 0 Å². The predicted molar refractivity (Wildman–Crippen MR) is 116 cm³/mol. The van der Waals surface area contributed by atoms with Gasteiger partial charge < -0.3 is 14.5 Å². The number of aromatic nitrogens is 1. The van der Waals surface area contributed by atoms with Crippen molar-refractivity contribution in [1.82, 2.24) is 4.98 Å². The van der Waals surface area contributed by atoms with E-state index in [9.17, 15) is 14.4 Å². The minimum Gasteiger partial charge on any atom is -0.462 e. The monoisotopic (exact) mass is 419 g/mol. The Labute approximate surface area is 181 Å². The van der Waals surface area contributed by atoms with Gasteiger partial charge in [-0.1, -0.05) is 60.7 Å². The topological polar surface area (TPSA) is 85.5 Å². The van der Waals surface area contributed by atoms with Crippen LogP contribution in [0, 0.1) is 13.8 Å². The van der Waals surface area contributed by atoms with Gasteiger partial charge >= 0.3 is 11.9 Å². The van der Waals surface area contributed by atoms with E-state index in [1.165, 1.54) is 0 Å². The van der Waals surface area contributed by atoms with Crippen molar-refractivity contribution in [3.63, 3.8) is 0 Å². The van der Waals surface area contributed by atoms with Crippen LogP contribution in [0.2, 0.25) is 0 Å². The van der Waals surface area contributed by atoms with Crippen molar-refractivity contribution in [3.8, 4) is 0 Å². The lowest BCUT2D eigenvalue weighted by atomic mass is 9.91. The van der Waals surface area contributed by atoms with E-state index in [0.717, 1.165) is 11.1 Å². The third-order valence-electron chi connectivity index (χ3n) is 5.04. The molecule has 3 rings (SSSR count). The summed E-state index contributed by atoms with van der Waals surface area (Å²) in [7, 11) is 0. The highest BCUT2D eigenvalue weighted by atomic mass is 16.5. The molecule has 0 unspecified atom stereocenters. The number of aromatic amines is 1. The van der Waals surface area contributed by atoms with Crippen LogP contribution in [-0.2, 0) is 14.3 Å². The fraction of sp³-hybridized carbons (Fsp3) is 0.240. The van der Waals surface area contributed by atoms with Gasteiger partial charge in [0, 0.05) is 5.69 Å². The molecule has 160 valence electrons. The van der Waals surface area contributed by atoms with E-state index in [0.29, 0.717) is 16.8 Å². The molecule has 31 heavy (non-hydrogen) atoms. The number of nitrogens with one attached hydrogen (secondary N) is 1. The molecule has 0 aliphatic rings. The molecule has 0 amide bonds. The summed E-state index contributed by atoms with van der Waals surface area (Å²) in [5, 5.41) is 0. The quantitative estimate of drug-likeness (QED) is 0.433. The molecule has 2 aromatic carbocycles. The first kappa shape index (κ1) is 22.0. The second kappa shape index (κ2) is 9.89. The Morgan fingerprint density at radius 2 is 1.42 bits per heavy atom. The third-order valence-corrected chi connectivity index (χ3v) is 5.04. The molecule has 0 saturated heterocycles. The lowest BCUT2D eigenvalue weighted by Crippen LogP contribution is -2.21. The zero-order valence-electron chi connectivity index (χ0n) is 17.8. The fourth-order valence-corrected chi connectivity index (χ4v) is 3.59. The summed E-state index contributed by atoms with van der Waals surface area (Å²) in [5.41, 5.74) is 3.16. The normalized spacial score (nSPS) is 10.7. The van der Waals surface area contributed by atoms with E-state index >= 15 is 0 Å². The first-order chi connectivity index (χ1) is 14.9. The summed E-state index contributed by atoms with van der Waals surface area (Å²) in [6.45, 7) is 4.89. The Bertz CT molecular complexity index is 1030. The van der Waals surface area contributed by atoms with Crippen LogP contribution in [0.3, 0.4) is 0 Å². The maximum absolute atomic E-state index is 13.0. The first-order valence-electron chi connectivity index (χ1n) is 10.1. The number of hydrogen-bond donors (Lipinski definition) is 1. The number of rotatable bonds is 8. The zero-order valence-corrected chi connectivity index (χ0v) is 17.8. The fourth-order valence-electron chi connectivity index (χ4n) is 3.59. The van der Waals surface area contributed by atoms with Gasteiger partial charge in [-0.15, -0.1) is 0 Å². The smallest absolute Gasteiger partial charge is 0.340 e. The average Bonchev–Trinajstić information content (AvgIpc) is 3.08. The molecule has 0 bridgehead atoms. The molecule has 1 aromatic heterocycles. The molecule has 0 aliphatic heterocycles. The number of hydrogen-bond acceptors (Lipinski definition) is 5. The Kier molecular flexibility index (Phi) is 7.03. The number of ketones is 1. The number of H-pyrrole nitrogens is 1. The highest BCUT2D eigenvalue weighted by Crippen LogP contribution is 2.26. The average molecular weight is 419 g/mol. The van der Waals surface area contributed by atoms with Crippen LogP contribution in [0.1, 0.15) is 56.1 Å². The number of esters is 2. The molecule has 0 saturated carbocycles. The van der Waals surface area contributed by atoms with Crippen molar-refractivity contribution in [2.45, 2.75) is 26.7 Å². The molecule has 1 heterocycles. The molecular weight excluding hydrogens is 394 g/mol. The van der Waals surface area contributed by atoms with Crippen molar-refractivity contribution in [2.24, 2.45) is 0 Å². The summed E-state index contributed by atoms with van der Waals surface area (Å²) >= 11 is 0. The second-order valence-corrected chi connectivity index (χ2v) is 7.13. The maximum Gasteiger partial charge on any atom is 0.340 e. The van der Waals surface area contributed by atoms with Gasteiger partial charge in [0.1, 0.15) is 5.92 Å². The molecular formula is C25H25NO5. The van der Waals surface area contributed by atoms with Crippen molar-refractivity contribution in [2.75, 3.05) is 13.2 Å². The van der Waals surface area contributed by atoms with Gasteiger partial charge in [0.25, 0.3) is 0 Å². The minimum atomic E-state index is -0.642. The number of carbonyl (C=O) groups is 3. The molecule has 6 heteroatoms. The van der Waals surface area contributed by atoms with Crippen LogP contribution < -0.4 is 0 Å². The molecule has 3 aromatic rings. The molecule has 6 nitrogen and oxygen atoms in total. The van der Waals surface area contributed by atoms with Crippen molar-refractivity contribution < 1.29 is 23.9 Å². The van der Waals surface area contributed by atoms with E-state index < -0.39 is 30.2 Å². The van der Waals surface area contributed by atoms with Gasteiger partial charge in [0.05, 0.1) is 17.9 Å². The van der Waals surface area contributed by atoms with E-state index in [2.05, 4.69) is 4.98 Å². The first-order valence-corrected chi connectivity index (χ1v) is 10.1. The van der Waals surface area contributed by atoms with Crippen LogP contribution in [0.25, 0.3) is 0 Å². The Hall–Kier alpha value is -3.67. The molecule has 0 radical (unpaired) electrons. The number of carbonyl (C=O) groups excluding carboxylic acids is 3. The molecule has 0 spiro atoms. The molecule has 0 aliphatic carbocycles. The Balaban J connectivity index is 1.78. The van der Waals surface area contributed by atoms with Gasteiger partial charge in [0.2, 0.25) is 5.78 Å². The molecule has 0 fully saturated rings. The van der Waals surface area contributed by atoms with Crippen molar-refractivity contribution in [1.29, 1.82) is 0 Å². The van der Waals surface area contributed by atoms with Crippen LogP contribution in [-0.4, -0.2) is 35.9 Å². The summed E-state index contributed by atoms with van der Waals surface area (Å²) in [6.07, 6.45) is 0. The van der Waals surface area contributed by atoms with Gasteiger partial charge in [-0.05, 0) is 37.5 Å². The van der Waals surface area contributed by atoms with Crippen LogP contribution in [0.15, 0.2) is 60.7 Å². The number of aryl methyl sites for hydroxylation is 1. The largest absolute Gasteiger partial charge is 0.462 e. The third kappa shape index (κ3) is 4.91. The summed E-state index contributed by atoms with van der Waals surface area (Å²) < 4.78 is 10.5. The predicted octanol–water partition coefficient (Wildman–Crippen LogP) is 4.37. The van der Waals surface area contributed by atoms with Crippen LogP contribution in [0.5, 0.6) is 0 Å². The lowest BCUT2D eigenvalue weighted by molar-refractivity contribution is -0.143. The van der Waals surface area contributed by atoms with Gasteiger partial charge in [-0.2, -0.15) is 0 Å². The Morgan fingerprint density at radius 3 is 1.94 bits per heavy atom. The van der Waals surface area contributed by atoms with Crippen molar-refractivity contribution >= 4 is 17.7 Å². The Morgan fingerprint density at radius 1 is 0.871 bits per heavy atom. The summed E-state index contributed by atoms with van der Waals surface area (Å²) in [5.74, 6) is -2.06. The van der Waals surface area contributed by atoms with Gasteiger partial charge in [-0.25, -0.2) is 4.79 Å². The highest BCUT2D eigenvalue weighted by molar-refractivity contribution is 6.02. The van der Waals surface area contributed by atoms with Crippen LogP contribution in [0.4, 0.5) is 0 Å². The second-order valence-electron chi connectivity index (χ2n) is 7.13. The van der Waals surface area contributed by atoms with E-state index in [4.69, 9.17) is 9.47 Å². The number of benzene rings is 2. The number of Topliss-reactive ketones (excluding diaryl/α,β-unsaturated/α-hetero) is 1. The molecule has 0 atom stereocenters. The standard InChI is InChI=1S/C25H25NO5/c1-4-30-24(28)21-16(2)23(26-17(21)3)20(27)15-31-25(29)22(18-11-7-5-8-12-18)19-13-9-6-10-14-19/h5-14,22,26H,4,15H2,1-3H3. The van der Waals surface area contributed by atoms with E-state index in [1.807, 2.05) is 60.7 Å². The maximum atomic E-state index is 13.0. The minimum absolute atomic E-state index is 0.240. The van der Waals surface area contributed by atoms with Crippen molar-refractivity contribution in [3.05, 3.63) is 94.3 Å². The SMILES string of the molecule is CCOC(=O)c1c(C)[nH]c(C(=O)COC(=O)C(c2ccccc2)c2ccccc2)c1C. The molecule has 1 N–H and O–H groups in total. The number of ether oxygens (including phenoxy) is 2. The summed E-state index contributed by atoms with van der Waals surface area (Å²) in [6, 6.07) is 18.6. The van der Waals surface area contributed by atoms with Gasteiger partial charge in [-0.3, -0.25) is 9.59 Å². The van der Waals surface area contributed by atoms with Gasteiger partial charge in [0.15, 0.2) is 6.61 Å².